The first-order valence-corrected chi connectivity index (χ1v) is 38.3. The van der Waals surface area contributed by atoms with Crippen molar-refractivity contribution in [3.8, 4) is 67.3 Å². The van der Waals surface area contributed by atoms with Gasteiger partial charge in [-0.05, 0) is 160 Å². The van der Waals surface area contributed by atoms with E-state index in [0.717, 1.165) is 220 Å². The number of rotatable bonds is 8. The van der Waals surface area contributed by atoms with E-state index in [2.05, 4.69) is 376 Å². The monoisotopic (exact) mass is 1420 g/mol. The van der Waals surface area contributed by atoms with Crippen LogP contribution in [0.1, 0.15) is 0 Å². The predicted octanol–water partition coefficient (Wildman–Crippen LogP) is 25.8. The summed E-state index contributed by atoms with van der Waals surface area (Å²) in [4.78, 5) is 32.8. The molecular formula is C104H60N6O2. The zero-order valence-electron chi connectivity index (χ0n) is 60.1. The zero-order valence-corrected chi connectivity index (χ0v) is 60.1. The van der Waals surface area contributed by atoms with Gasteiger partial charge in [0.2, 0.25) is 0 Å². The van der Waals surface area contributed by atoms with Crippen LogP contribution in [0.2, 0.25) is 0 Å². The van der Waals surface area contributed by atoms with Crippen molar-refractivity contribution in [2.45, 2.75) is 0 Å². The highest BCUT2D eigenvalue weighted by Crippen LogP contribution is 2.50. The summed E-state index contributed by atoms with van der Waals surface area (Å²) in [6.45, 7) is 0. The number of para-hydroxylation sites is 8. The number of fused-ring (bicyclic) bond motifs is 26. The van der Waals surface area contributed by atoms with Crippen molar-refractivity contribution in [3.05, 3.63) is 385 Å². The number of nitrogens with zero attached hydrogens (tertiary/aromatic N) is 6. The average molecular weight is 1430 g/mol. The predicted molar refractivity (Wildman–Crippen MR) is 467 cm³/mol. The summed E-state index contributed by atoms with van der Waals surface area (Å²) in [5.41, 5.74) is 24.5. The second-order valence-electron chi connectivity index (χ2n) is 30.1. The van der Waals surface area contributed by atoms with Gasteiger partial charge in [-0.2, -0.15) is 0 Å². The first kappa shape index (κ1) is 61.0. The van der Waals surface area contributed by atoms with Crippen LogP contribution in [-0.2, 0) is 0 Å². The Bertz CT molecular complexity index is 8550. The topological polar surface area (TPSA) is 62.7 Å². The molecule has 0 aliphatic heterocycles. The highest BCUT2D eigenvalue weighted by atomic mass is 16.1. The second kappa shape index (κ2) is 22.7. The minimum atomic E-state index is -0.0512. The molecule has 0 aliphatic rings. The van der Waals surface area contributed by atoms with Crippen molar-refractivity contribution >= 4 is 163 Å². The molecule has 0 aliphatic carbocycles. The van der Waals surface area contributed by atoms with Crippen molar-refractivity contribution in [2.75, 3.05) is 0 Å². The molecule has 0 spiro atoms. The van der Waals surface area contributed by atoms with Gasteiger partial charge >= 0.3 is 0 Å². The molecule has 0 amide bonds. The van der Waals surface area contributed by atoms with Crippen molar-refractivity contribution in [3.63, 3.8) is 0 Å². The quantitative estimate of drug-likeness (QED) is 0.142. The van der Waals surface area contributed by atoms with Gasteiger partial charge in [0.25, 0.3) is 11.1 Å². The van der Waals surface area contributed by atoms with E-state index in [4.69, 9.17) is 0 Å². The van der Waals surface area contributed by atoms with Crippen LogP contribution in [0.5, 0.6) is 0 Å². The average Bonchev–Trinajstić information content (AvgIpc) is 1.51. The van der Waals surface area contributed by atoms with Crippen molar-refractivity contribution in [2.24, 2.45) is 0 Å². The molecule has 0 N–H and O–H groups in total. The lowest BCUT2D eigenvalue weighted by Crippen LogP contribution is -2.14. The zero-order chi connectivity index (χ0) is 73.3. The first-order chi connectivity index (χ1) is 55.5. The minimum absolute atomic E-state index is 0.0413. The summed E-state index contributed by atoms with van der Waals surface area (Å²) in [5.74, 6) is 0. The SMILES string of the molecule is O=c1c2c(ccc3c2c2ccccc2n3-c2ccccc2-c2cccc(-c3cccc(-c4ccc5c(c4)c4cc6c7ccccc7n(-c7ccccc7)c6c6c7ccc8c9ccccc9n(-c9ccccc9)c8c7c(=O)n5c46)c3)c2)c2c3c(cc4c5ccccc5n1c42)c1ccccc1n3-c1cccc(-c2ccccc2)c1. The van der Waals surface area contributed by atoms with E-state index < -0.39 is 0 Å². The van der Waals surface area contributed by atoms with Crippen LogP contribution < -0.4 is 11.1 Å². The maximum absolute atomic E-state index is 16.4. The maximum Gasteiger partial charge on any atom is 0.265 e. The number of benzene rings is 17. The van der Waals surface area contributed by atoms with Crippen LogP contribution in [0.4, 0.5) is 0 Å². The molecule has 25 aromatic rings. The van der Waals surface area contributed by atoms with Crippen molar-refractivity contribution < 1.29 is 0 Å². The molecule has 8 aromatic heterocycles. The lowest BCUT2D eigenvalue weighted by molar-refractivity contribution is 1.17. The molecular weight excluding hydrogens is 1370 g/mol. The Morgan fingerprint density at radius 2 is 0.545 bits per heavy atom. The summed E-state index contributed by atoms with van der Waals surface area (Å²) in [5, 5.41) is 18.0. The third-order valence-electron chi connectivity index (χ3n) is 24.4. The molecule has 8 heteroatoms. The van der Waals surface area contributed by atoms with Gasteiger partial charge in [-0.15, -0.1) is 0 Å². The first-order valence-electron chi connectivity index (χ1n) is 38.3. The van der Waals surface area contributed by atoms with Gasteiger partial charge in [-0.3, -0.25) is 18.4 Å². The van der Waals surface area contributed by atoms with Gasteiger partial charge < -0.3 is 18.3 Å². The van der Waals surface area contributed by atoms with Gasteiger partial charge in [-0.1, -0.05) is 249 Å². The highest BCUT2D eigenvalue weighted by molar-refractivity contribution is 6.37. The minimum Gasteiger partial charge on any atom is -0.309 e. The van der Waals surface area contributed by atoms with Gasteiger partial charge in [0.05, 0.1) is 82.7 Å². The van der Waals surface area contributed by atoms with Crippen LogP contribution in [0.3, 0.4) is 0 Å². The van der Waals surface area contributed by atoms with E-state index in [0.29, 0.717) is 10.8 Å². The smallest absolute Gasteiger partial charge is 0.265 e. The Kier molecular flexibility index (Phi) is 12.4. The van der Waals surface area contributed by atoms with E-state index >= 15 is 9.59 Å². The summed E-state index contributed by atoms with van der Waals surface area (Å²) < 4.78 is 13.6. The molecule has 0 fully saturated rings. The largest absolute Gasteiger partial charge is 0.309 e. The van der Waals surface area contributed by atoms with Crippen LogP contribution in [0.25, 0.3) is 230 Å². The molecule has 0 bridgehead atoms. The molecule has 8 nitrogen and oxygen atoms in total. The third-order valence-corrected chi connectivity index (χ3v) is 24.4. The standard InChI is InChI=1S/C104H60N6O2/c111-103-94-78(95-100-81(59-83-75-41-14-20-47-89(75)109(103)101(83)95)74-40-13-19-46-88(74)107(100)70-36-24-30-65(57-70)61-25-4-1-5-26-61)52-54-92-93(94)77-42-15-21-48-90(77)108(92)85-43-16-10-37-71(85)67-31-23-29-64(56-67)62-27-22-28-63(55-62)66-49-53-91-80(58-66)84-60-82-73-39-12-18-45-87(73)106(69-34-8-3-9-35-69)99(82)96-79-51-50-76-72-38-11-17-44-86(72)105(68-32-6-2-7-33-68)98(76)97(79)104(112)110(91)102(84)96/h1-60H. The molecule has 0 radical (unpaired) electrons. The fraction of sp³-hybridized carbons (Fsp3) is 0. The van der Waals surface area contributed by atoms with E-state index in [1.54, 1.807) is 0 Å². The number of hydrogen-bond acceptors (Lipinski definition) is 2. The summed E-state index contributed by atoms with van der Waals surface area (Å²) in [6.07, 6.45) is 0. The normalized spacial score (nSPS) is 12.4. The molecule has 25 rings (SSSR count). The lowest BCUT2D eigenvalue weighted by Gasteiger charge is -2.16. The van der Waals surface area contributed by atoms with Gasteiger partial charge in [0, 0.05) is 103 Å². The fourth-order valence-corrected chi connectivity index (χ4v) is 19.8. The summed E-state index contributed by atoms with van der Waals surface area (Å²) in [7, 11) is 0. The second-order valence-corrected chi connectivity index (χ2v) is 30.1. The Labute approximate surface area is 638 Å². The molecule has 518 valence electrons. The van der Waals surface area contributed by atoms with Gasteiger partial charge in [-0.25, -0.2) is 0 Å². The van der Waals surface area contributed by atoms with E-state index in [-0.39, 0.29) is 11.1 Å². The van der Waals surface area contributed by atoms with Crippen molar-refractivity contribution in [1.82, 2.24) is 27.1 Å². The van der Waals surface area contributed by atoms with Crippen LogP contribution in [-0.4, -0.2) is 27.1 Å². The number of hydrogen-bond donors (Lipinski definition) is 0. The molecule has 0 saturated carbocycles. The Hall–Kier alpha value is -15.1. The lowest BCUT2D eigenvalue weighted by atomic mass is 9.95. The molecule has 0 unspecified atom stereocenters. The molecule has 8 heterocycles. The fourth-order valence-electron chi connectivity index (χ4n) is 19.8. The highest BCUT2D eigenvalue weighted by Gasteiger charge is 2.31. The molecule has 0 saturated heterocycles. The Balaban J connectivity index is 0.670. The maximum atomic E-state index is 16.4. The molecule has 0 atom stereocenters. The Morgan fingerprint density at radius 1 is 0.170 bits per heavy atom. The number of pyridine rings is 2. The van der Waals surface area contributed by atoms with Gasteiger partial charge in [0.1, 0.15) is 0 Å². The van der Waals surface area contributed by atoms with E-state index in [9.17, 15) is 0 Å². The summed E-state index contributed by atoms with van der Waals surface area (Å²) in [6, 6.07) is 130. The number of aromatic nitrogens is 6. The third kappa shape index (κ3) is 8.17. The van der Waals surface area contributed by atoms with E-state index in [1.165, 1.54) is 0 Å². The van der Waals surface area contributed by atoms with Crippen LogP contribution in [0, 0.1) is 0 Å². The van der Waals surface area contributed by atoms with Crippen molar-refractivity contribution in [1.29, 1.82) is 0 Å². The van der Waals surface area contributed by atoms with Crippen LogP contribution in [0.15, 0.2) is 374 Å². The van der Waals surface area contributed by atoms with Gasteiger partial charge in [0.15, 0.2) is 0 Å². The molecule has 17 aromatic carbocycles. The van der Waals surface area contributed by atoms with E-state index in [1.807, 2.05) is 14.9 Å². The Morgan fingerprint density at radius 3 is 1.16 bits per heavy atom. The summed E-state index contributed by atoms with van der Waals surface area (Å²) >= 11 is 0. The molecule has 112 heavy (non-hydrogen) atoms. The van der Waals surface area contributed by atoms with Crippen LogP contribution >= 0.6 is 0 Å².